The first kappa shape index (κ1) is 26.6. The summed E-state index contributed by atoms with van der Waals surface area (Å²) in [5.41, 5.74) is 1.35. The van der Waals surface area contributed by atoms with E-state index < -0.39 is 0 Å². The third-order valence-electron chi connectivity index (χ3n) is 4.83. The molecule has 1 rings (SSSR count). The Hall–Kier alpha value is -0.600. The molecule has 2 N–H and O–H groups in total. The quantitative estimate of drug-likeness (QED) is 0.335. The van der Waals surface area contributed by atoms with E-state index in [0.717, 1.165) is 0 Å². The van der Waals surface area contributed by atoms with E-state index in [4.69, 9.17) is 0 Å². The third kappa shape index (κ3) is 16.6. The van der Waals surface area contributed by atoms with Crippen molar-refractivity contribution in [2.24, 2.45) is 0 Å². The van der Waals surface area contributed by atoms with Gasteiger partial charge in [0, 0.05) is 18.6 Å². The minimum Gasteiger partial charge on any atom is -1.00 e. The second kappa shape index (κ2) is 19.7. The van der Waals surface area contributed by atoms with Gasteiger partial charge < -0.3 is 17.9 Å². The van der Waals surface area contributed by atoms with E-state index in [1.54, 1.807) is 0 Å². The Balaban J connectivity index is 0. The minimum absolute atomic E-state index is 0. The van der Waals surface area contributed by atoms with E-state index in [-0.39, 0.29) is 17.9 Å². The van der Waals surface area contributed by atoms with Crippen LogP contribution in [0.2, 0.25) is 0 Å². The number of halogens is 1. The molecule has 0 fully saturated rings. The lowest BCUT2D eigenvalue weighted by Gasteiger charge is -2.03. The topological polar surface area (TPSA) is 35.4 Å². The molecule has 0 saturated carbocycles. The average Bonchev–Trinajstić information content (AvgIpc) is 2.57. The van der Waals surface area contributed by atoms with Gasteiger partial charge in [-0.2, -0.15) is 0 Å². The van der Waals surface area contributed by atoms with Gasteiger partial charge in [-0.1, -0.05) is 84.0 Å². The van der Waals surface area contributed by atoms with E-state index in [1.807, 2.05) is 0 Å². The molecule has 0 atom stereocenters. The second-order valence-corrected chi connectivity index (χ2v) is 7.21. The molecule has 0 radical (unpaired) electrons. The molecule has 0 aliphatic rings. The van der Waals surface area contributed by atoms with Crippen molar-refractivity contribution in [3.05, 3.63) is 30.1 Å². The van der Waals surface area contributed by atoms with Crippen molar-refractivity contribution in [1.29, 1.82) is 0 Å². The Morgan fingerprint density at radius 3 is 1.40 bits per heavy atom. The second-order valence-electron chi connectivity index (χ2n) is 7.21. The van der Waals surface area contributed by atoms with Crippen LogP contribution < -0.4 is 17.0 Å². The van der Waals surface area contributed by atoms with Gasteiger partial charge in [0.2, 0.25) is 0 Å². The fourth-order valence-corrected chi connectivity index (χ4v) is 3.17. The molecule has 148 valence electrons. The first-order valence-corrected chi connectivity index (χ1v) is 10.3. The van der Waals surface area contributed by atoms with E-state index in [2.05, 4.69) is 42.9 Å². The molecule has 0 amide bonds. The summed E-state index contributed by atoms with van der Waals surface area (Å²) in [6.07, 6.45) is 24.5. The maximum Gasteiger partial charge on any atom is 0.169 e. The molecule has 0 spiro atoms. The van der Waals surface area contributed by atoms with E-state index in [1.165, 1.54) is 102 Å². The monoisotopic (exact) mass is 371 g/mol. The van der Waals surface area contributed by atoms with Crippen LogP contribution in [0.1, 0.15) is 102 Å². The van der Waals surface area contributed by atoms with Crippen LogP contribution in [0.25, 0.3) is 0 Å². The zero-order valence-electron chi connectivity index (χ0n) is 16.7. The summed E-state index contributed by atoms with van der Waals surface area (Å²) >= 11 is 0. The summed E-state index contributed by atoms with van der Waals surface area (Å²) < 4.78 is 2.31. The highest BCUT2D eigenvalue weighted by Gasteiger charge is 1.99. The average molecular weight is 372 g/mol. The fraction of sp³-hybridized carbons (Fsp3) is 0.773. The van der Waals surface area contributed by atoms with E-state index >= 15 is 0 Å². The smallest absolute Gasteiger partial charge is 0.169 e. The van der Waals surface area contributed by atoms with Crippen LogP contribution in [-0.2, 0) is 6.54 Å². The Kier molecular flexibility index (Phi) is 21.0. The van der Waals surface area contributed by atoms with Crippen LogP contribution in [0.4, 0.5) is 0 Å². The van der Waals surface area contributed by atoms with Crippen molar-refractivity contribution in [1.82, 2.24) is 0 Å². The summed E-state index contributed by atoms with van der Waals surface area (Å²) in [5, 5.41) is 0. The number of hydrogen-bond acceptors (Lipinski definition) is 0. The highest BCUT2D eigenvalue weighted by atomic mass is 35.5. The lowest BCUT2D eigenvalue weighted by atomic mass is 10.0. The number of hydrogen-bond donors (Lipinski definition) is 0. The van der Waals surface area contributed by atoms with Crippen molar-refractivity contribution in [2.75, 3.05) is 0 Å². The van der Waals surface area contributed by atoms with Gasteiger partial charge in [-0.05, 0) is 18.9 Å². The minimum atomic E-state index is 0. The van der Waals surface area contributed by atoms with Crippen molar-refractivity contribution in [3.8, 4) is 0 Å². The van der Waals surface area contributed by atoms with Gasteiger partial charge in [-0.3, -0.25) is 0 Å². The van der Waals surface area contributed by atoms with Gasteiger partial charge >= 0.3 is 0 Å². The van der Waals surface area contributed by atoms with Crippen LogP contribution in [0.5, 0.6) is 0 Å². The maximum atomic E-state index is 2.31. The molecule has 3 heteroatoms. The molecule has 0 bridgehead atoms. The van der Waals surface area contributed by atoms with Crippen molar-refractivity contribution in [3.63, 3.8) is 0 Å². The van der Waals surface area contributed by atoms with Crippen LogP contribution in [0, 0.1) is 6.92 Å². The predicted molar refractivity (Wildman–Crippen MR) is 105 cm³/mol. The first-order valence-electron chi connectivity index (χ1n) is 10.3. The Labute approximate surface area is 163 Å². The molecule has 1 heterocycles. The molecule has 0 aliphatic carbocycles. The van der Waals surface area contributed by atoms with E-state index in [9.17, 15) is 0 Å². The summed E-state index contributed by atoms with van der Waals surface area (Å²) in [5.74, 6) is 0. The van der Waals surface area contributed by atoms with Gasteiger partial charge in [-0.15, -0.1) is 0 Å². The summed E-state index contributed by atoms with van der Waals surface area (Å²) in [6, 6.07) is 4.40. The van der Waals surface area contributed by atoms with Gasteiger partial charge in [0.1, 0.15) is 6.54 Å². The number of rotatable bonds is 15. The summed E-state index contributed by atoms with van der Waals surface area (Å²) in [7, 11) is 0. The largest absolute Gasteiger partial charge is 1.00 e. The van der Waals surface area contributed by atoms with Crippen LogP contribution >= 0.6 is 0 Å². The summed E-state index contributed by atoms with van der Waals surface area (Å²) in [6.45, 7) is 5.62. The number of aryl methyl sites for hydroxylation is 2. The molecule has 2 nitrogen and oxygen atoms in total. The van der Waals surface area contributed by atoms with Gasteiger partial charge in [0.25, 0.3) is 0 Å². The van der Waals surface area contributed by atoms with E-state index in [0.29, 0.717) is 0 Å². The molecule has 25 heavy (non-hydrogen) atoms. The highest BCUT2D eigenvalue weighted by molar-refractivity contribution is 5.03. The van der Waals surface area contributed by atoms with Crippen molar-refractivity contribution < 1.29 is 22.5 Å². The molecular formula is C22H42ClNO. The normalized spacial score (nSPS) is 10.2. The number of nitrogens with zero attached hydrogens (tertiary/aromatic N) is 1. The predicted octanol–water partition coefficient (Wildman–Crippen LogP) is 2.94. The molecule has 0 aromatic carbocycles. The zero-order chi connectivity index (χ0) is 16.6. The molecule has 1 aromatic heterocycles. The third-order valence-corrected chi connectivity index (χ3v) is 4.83. The van der Waals surface area contributed by atoms with Crippen LogP contribution in [-0.4, -0.2) is 5.48 Å². The number of unbranched alkanes of at least 4 members (excludes halogenated alkanes) is 13. The first-order chi connectivity index (χ1) is 11.3. The maximum absolute atomic E-state index is 2.31. The van der Waals surface area contributed by atoms with Crippen molar-refractivity contribution >= 4 is 0 Å². The Bertz CT molecular complexity index is 367. The Morgan fingerprint density at radius 1 is 0.640 bits per heavy atom. The lowest BCUT2D eigenvalue weighted by molar-refractivity contribution is -0.697. The SMILES string of the molecule is CCCCCCCCCCCCCCCC[n+]1ccc(C)cc1.O.[Cl-]. The van der Waals surface area contributed by atoms with Crippen LogP contribution in [0.15, 0.2) is 24.5 Å². The molecule has 1 aromatic rings. The number of aromatic nitrogens is 1. The standard InChI is InChI=1S/C22H40N.ClH.H2O/c1-3-4-5-6-7-8-9-10-11-12-13-14-15-16-19-23-20-17-22(2)18-21-23;;/h17-18,20-21H,3-16,19H2,1-2H3;1H;1H2/q+1;;/p-1. The van der Waals surface area contributed by atoms with Gasteiger partial charge in [0.05, 0.1) is 0 Å². The molecular weight excluding hydrogens is 330 g/mol. The molecule has 0 aliphatic heterocycles. The summed E-state index contributed by atoms with van der Waals surface area (Å²) in [4.78, 5) is 0. The van der Waals surface area contributed by atoms with Crippen LogP contribution in [0.3, 0.4) is 0 Å². The Morgan fingerprint density at radius 2 is 1.00 bits per heavy atom. The van der Waals surface area contributed by atoms with Gasteiger partial charge in [-0.25, -0.2) is 4.57 Å². The molecule has 0 unspecified atom stereocenters. The van der Waals surface area contributed by atoms with Crippen molar-refractivity contribution in [2.45, 2.75) is 110 Å². The molecule has 0 saturated heterocycles. The van der Waals surface area contributed by atoms with Gasteiger partial charge in [0.15, 0.2) is 12.4 Å². The lowest BCUT2D eigenvalue weighted by Crippen LogP contribution is -3.00. The zero-order valence-corrected chi connectivity index (χ0v) is 17.5. The fourth-order valence-electron chi connectivity index (χ4n) is 3.17. The number of pyridine rings is 1. The highest BCUT2D eigenvalue weighted by Crippen LogP contribution is 2.12.